The van der Waals surface area contributed by atoms with E-state index in [1.807, 2.05) is 43.3 Å². The Morgan fingerprint density at radius 1 is 1.18 bits per heavy atom. The van der Waals surface area contributed by atoms with Crippen molar-refractivity contribution in [2.75, 3.05) is 18.5 Å². The van der Waals surface area contributed by atoms with Crippen LogP contribution in [0.25, 0.3) is 11.1 Å². The van der Waals surface area contributed by atoms with Gasteiger partial charge in [0.2, 0.25) is 11.8 Å². The molecule has 1 atom stereocenters. The molecule has 0 radical (unpaired) electrons. The van der Waals surface area contributed by atoms with Crippen LogP contribution in [0.15, 0.2) is 42.5 Å². The normalized spacial score (nSPS) is 17.9. The summed E-state index contributed by atoms with van der Waals surface area (Å²) in [6, 6.07) is 13.7. The summed E-state index contributed by atoms with van der Waals surface area (Å²) in [5, 5.41) is 3.02. The molecular weight excluding hydrogens is 352 g/mol. The molecule has 5 nitrogen and oxygen atoms in total. The molecule has 1 saturated heterocycles. The minimum absolute atomic E-state index is 0.0780. The Morgan fingerprint density at radius 2 is 2.04 bits per heavy atom. The van der Waals surface area contributed by atoms with E-state index in [4.69, 9.17) is 4.74 Å². The van der Waals surface area contributed by atoms with Gasteiger partial charge in [0, 0.05) is 25.1 Å². The number of fused-ring (bicyclic) bond motifs is 1. The number of benzene rings is 2. The highest BCUT2D eigenvalue weighted by Crippen LogP contribution is 2.31. The summed E-state index contributed by atoms with van der Waals surface area (Å²) in [6.07, 6.45) is 3.85. The molecule has 1 unspecified atom stereocenters. The smallest absolute Gasteiger partial charge is 0.247 e. The average Bonchev–Trinajstić information content (AvgIpc) is 3.37. The number of hydrogen-bond donors (Lipinski definition) is 1. The highest BCUT2D eigenvalue weighted by atomic mass is 16.5. The molecule has 0 aromatic heterocycles. The van der Waals surface area contributed by atoms with Crippen LogP contribution in [0.1, 0.15) is 38.2 Å². The monoisotopic (exact) mass is 378 g/mol. The summed E-state index contributed by atoms with van der Waals surface area (Å²) >= 11 is 0. The van der Waals surface area contributed by atoms with E-state index in [2.05, 4.69) is 11.4 Å². The number of anilines is 1. The van der Waals surface area contributed by atoms with Crippen LogP contribution in [0.5, 0.6) is 5.75 Å². The molecule has 2 aliphatic heterocycles. The van der Waals surface area contributed by atoms with Crippen molar-refractivity contribution < 1.29 is 14.3 Å². The highest BCUT2D eigenvalue weighted by Gasteiger charge is 2.33. The van der Waals surface area contributed by atoms with E-state index in [0.29, 0.717) is 13.0 Å². The molecule has 2 aromatic rings. The van der Waals surface area contributed by atoms with E-state index >= 15 is 0 Å². The molecule has 1 N–H and O–H groups in total. The van der Waals surface area contributed by atoms with Gasteiger partial charge in [0.05, 0.1) is 6.61 Å². The van der Waals surface area contributed by atoms with Gasteiger partial charge in [-0.05, 0) is 60.2 Å². The molecule has 1 fully saturated rings. The van der Waals surface area contributed by atoms with Gasteiger partial charge in [-0.3, -0.25) is 9.59 Å². The van der Waals surface area contributed by atoms with Crippen LogP contribution in [0, 0.1) is 0 Å². The molecule has 4 rings (SSSR count). The Labute approximate surface area is 165 Å². The maximum absolute atomic E-state index is 12.8. The van der Waals surface area contributed by atoms with E-state index in [1.165, 1.54) is 5.56 Å². The van der Waals surface area contributed by atoms with Crippen molar-refractivity contribution in [1.29, 1.82) is 0 Å². The van der Waals surface area contributed by atoms with Crippen molar-refractivity contribution in [3.63, 3.8) is 0 Å². The molecular formula is C23H26N2O3. The summed E-state index contributed by atoms with van der Waals surface area (Å²) in [7, 11) is 0. The molecule has 2 aromatic carbocycles. The molecule has 2 heterocycles. The third-order valence-corrected chi connectivity index (χ3v) is 5.49. The van der Waals surface area contributed by atoms with Crippen molar-refractivity contribution in [3.05, 3.63) is 48.0 Å². The van der Waals surface area contributed by atoms with E-state index in [-0.39, 0.29) is 17.9 Å². The lowest BCUT2D eigenvalue weighted by Crippen LogP contribution is -2.43. The summed E-state index contributed by atoms with van der Waals surface area (Å²) in [6.45, 7) is 3.40. The second-order valence-corrected chi connectivity index (χ2v) is 7.49. The molecule has 28 heavy (non-hydrogen) atoms. The van der Waals surface area contributed by atoms with Gasteiger partial charge in [-0.15, -0.1) is 0 Å². The molecule has 146 valence electrons. The van der Waals surface area contributed by atoms with Crippen molar-refractivity contribution in [2.45, 2.75) is 45.1 Å². The number of nitrogens with zero attached hydrogens (tertiary/aromatic N) is 1. The maximum Gasteiger partial charge on any atom is 0.247 e. The Bertz CT molecular complexity index is 893. The summed E-state index contributed by atoms with van der Waals surface area (Å²) in [5.41, 5.74) is 4.15. The quantitative estimate of drug-likeness (QED) is 0.855. The van der Waals surface area contributed by atoms with Crippen LogP contribution in [0.4, 0.5) is 5.69 Å². The Hall–Kier alpha value is -2.82. The zero-order valence-corrected chi connectivity index (χ0v) is 16.2. The maximum atomic E-state index is 12.8. The van der Waals surface area contributed by atoms with Crippen LogP contribution in [0.3, 0.4) is 0 Å². The molecule has 5 heteroatoms. The van der Waals surface area contributed by atoms with E-state index in [9.17, 15) is 9.59 Å². The minimum Gasteiger partial charge on any atom is -0.493 e. The predicted molar refractivity (Wildman–Crippen MR) is 109 cm³/mol. The standard InChI is InChI=1S/C23H26N2O3/c1-2-5-22(26)25-12-4-8-20(25)23(27)24-19-7-3-6-16(15-19)17-9-10-21-18(14-17)11-13-28-21/h3,6-7,9-10,14-15,20H,2,4-5,8,11-13H2,1H3,(H,24,27). The molecule has 0 aliphatic carbocycles. The van der Waals surface area contributed by atoms with Gasteiger partial charge in [-0.25, -0.2) is 0 Å². The van der Waals surface area contributed by atoms with E-state index < -0.39 is 0 Å². The first-order chi connectivity index (χ1) is 13.7. The Balaban J connectivity index is 1.49. The van der Waals surface area contributed by atoms with Crippen molar-refractivity contribution in [3.8, 4) is 16.9 Å². The van der Waals surface area contributed by atoms with Crippen molar-refractivity contribution in [2.24, 2.45) is 0 Å². The van der Waals surface area contributed by atoms with Gasteiger partial charge >= 0.3 is 0 Å². The number of hydrogen-bond acceptors (Lipinski definition) is 3. The summed E-state index contributed by atoms with van der Waals surface area (Å²) < 4.78 is 5.58. The van der Waals surface area contributed by atoms with Gasteiger partial charge in [-0.1, -0.05) is 25.1 Å². The Kier molecular flexibility index (Phi) is 5.33. The minimum atomic E-state index is -0.361. The van der Waals surface area contributed by atoms with Gasteiger partial charge in [0.25, 0.3) is 0 Å². The van der Waals surface area contributed by atoms with Crippen LogP contribution < -0.4 is 10.1 Å². The van der Waals surface area contributed by atoms with E-state index in [1.54, 1.807) is 4.90 Å². The number of ether oxygens (including phenoxy) is 1. The average molecular weight is 378 g/mol. The molecule has 0 spiro atoms. The zero-order chi connectivity index (χ0) is 19.5. The predicted octanol–water partition coefficient (Wildman–Crippen LogP) is 4.02. The van der Waals surface area contributed by atoms with Crippen LogP contribution in [0.2, 0.25) is 0 Å². The van der Waals surface area contributed by atoms with Gasteiger partial charge in [-0.2, -0.15) is 0 Å². The van der Waals surface area contributed by atoms with Crippen LogP contribution in [-0.2, 0) is 16.0 Å². The van der Waals surface area contributed by atoms with Crippen LogP contribution >= 0.6 is 0 Å². The first-order valence-electron chi connectivity index (χ1n) is 10.1. The third-order valence-electron chi connectivity index (χ3n) is 5.49. The molecule has 0 bridgehead atoms. The Morgan fingerprint density at radius 3 is 2.89 bits per heavy atom. The molecule has 2 amide bonds. The van der Waals surface area contributed by atoms with Crippen LogP contribution in [-0.4, -0.2) is 35.9 Å². The van der Waals surface area contributed by atoms with Gasteiger partial charge < -0.3 is 15.0 Å². The second-order valence-electron chi connectivity index (χ2n) is 7.49. The van der Waals surface area contributed by atoms with E-state index in [0.717, 1.165) is 54.9 Å². The third kappa shape index (κ3) is 3.75. The first-order valence-corrected chi connectivity index (χ1v) is 10.1. The van der Waals surface area contributed by atoms with Crippen molar-refractivity contribution in [1.82, 2.24) is 4.90 Å². The number of rotatable bonds is 5. The second kappa shape index (κ2) is 8.05. The fourth-order valence-corrected chi connectivity index (χ4v) is 4.06. The molecule has 0 saturated carbocycles. The zero-order valence-electron chi connectivity index (χ0n) is 16.2. The topological polar surface area (TPSA) is 58.6 Å². The highest BCUT2D eigenvalue weighted by molar-refractivity contribution is 5.98. The molecule has 2 aliphatic rings. The SMILES string of the molecule is CCCC(=O)N1CCCC1C(=O)Nc1cccc(-c2ccc3c(c2)CCO3)c1. The lowest BCUT2D eigenvalue weighted by Gasteiger charge is -2.24. The lowest BCUT2D eigenvalue weighted by atomic mass is 10.0. The summed E-state index contributed by atoms with van der Waals surface area (Å²) in [4.78, 5) is 26.8. The number of carbonyl (C=O) groups is 2. The summed E-state index contributed by atoms with van der Waals surface area (Å²) in [5.74, 6) is 0.946. The van der Waals surface area contributed by atoms with Gasteiger partial charge in [0.1, 0.15) is 11.8 Å². The fraction of sp³-hybridized carbons (Fsp3) is 0.391. The first kappa shape index (κ1) is 18.5. The number of amides is 2. The number of nitrogens with one attached hydrogen (secondary N) is 1. The van der Waals surface area contributed by atoms with Crippen molar-refractivity contribution >= 4 is 17.5 Å². The van der Waals surface area contributed by atoms with Gasteiger partial charge in [0.15, 0.2) is 0 Å². The largest absolute Gasteiger partial charge is 0.493 e. The number of likely N-dealkylation sites (tertiary alicyclic amines) is 1. The lowest BCUT2D eigenvalue weighted by molar-refractivity contribution is -0.136. The number of carbonyl (C=O) groups excluding carboxylic acids is 2. The fourth-order valence-electron chi connectivity index (χ4n) is 4.06.